The van der Waals surface area contributed by atoms with Gasteiger partial charge in [0, 0.05) is 38.2 Å². The lowest BCUT2D eigenvalue weighted by Crippen LogP contribution is -2.48. The number of carbonyl (C=O) groups excluding carboxylic acids is 2. The number of ether oxygens (including phenoxy) is 3. The van der Waals surface area contributed by atoms with Gasteiger partial charge >= 0.3 is 12.6 Å². The molecule has 2 fully saturated rings. The van der Waals surface area contributed by atoms with E-state index in [2.05, 4.69) is 9.72 Å². The number of nitrogens with zero attached hydrogens (tertiary/aromatic N) is 2. The zero-order valence-corrected chi connectivity index (χ0v) is 29.1. The molecule has 2 heterocycles. The van der Waals surface area contributed by atoms with Crippen LogP contribution < -0.4 is 14.5 Å². The molecule has 0 spiro atoms. The van der Waals surface area contributed by atoms with Crippen molar-refractivity contribution in [2.24, 2.45) is 5.92 Å². The highest BCUT2D eigenvalue weighted by molar-refractivity contribution is 7.89. The number of benzene rings is 2. The number of rotatable bonds is 13. The summed E-state index contributed by atoms with van der Waals surface area (Å²) in [7, 11) is -1.11. The molecule has 2 atom stereocenters. The first kappa shape index (κ1) is 38.2. The quantitative estimate of drug-likeness (QED) is 0.200. The van der Waals surface area contributed by atoms with Gasteiger partial charge < -0.3 is 24.6 Å². The molecule has 3 aromatic rings. The Morgan fingerprint density at radius 3 is 2.39 bits per heavy atom. The van der Waals surface area contributed by atoms with E-state index in [0.29, 0.717) is 36.5 Å². The van der Waals surface area contributed by atoms with Crippen molar-refractivity contribution in [3.05, 3.63) is 81.6 Å². The predicted octanol–water partition coefficient (Wildman–Crippen LogP) is 5.79. The highest BCUT2D eigenvalue weighted by Crippen LogP contribution is 2.38. The molecule has 1 amide bonds. The van der Waals surface area contributed by atoms with E-state index in [1.807, 2.05) is 0 Å². The van der Waals surface area contributed by atoms with E-state index in [1.54, 1.807) is 14.1 Å². The minimum atomic E-state index is -4.24. The maximum Gasteiger partial charge on any atom is 0.387 e. The average molecular weight is 745 g/mol. The van der Waals surface area contributed by atoms with E-state index in [1.165, 1.54) is 59.8 Å². The maximum absolute atomic E-state index is 14.0. The molecule has 0 bridgehead atoms. The van der Waals surface area contributed by atoms with Crippen LogP contribution >= 0.6 is 23.2 Å². The van der Waals surface area contributed by atoms with Gasteiger partial charge in [-0.25, -0.2) is 13.4 Å². The van der Waals surface area contributed by atoms with Gasteiger partial charge in [-0.1, -0.05) is 35.3 Å². The maximum atomic E-state index is 14.0. The van der Waals surface area contributed by atoms with E-state index < -0.39 is 34.7 Å². The van der Waals surface area contributed by atoms with Crippen LogP contribution in [0.2, 0.25) is 10.0 Å². The number of piperidine rings is 1. The smallest absolute Gasteiger partial charge is 0.387 e. The summed E-state index contributed by atoms with van der Waals surface area (Å²) in [6.45, 7) is -2.73. The molecule has 2 N–H and O–H groups in total. The molecule has 2 aliphatic rings. The third-order valence-electron chi connectivity index (χ3n) is 8.19. The van der Waals surface area contributed by atoms with Crippen LogP contribution in [0.5, 0.6) is 11.5 Å². The van der Waals surface area contributed by atoms with Gasteiger partial charge in [0.05, 0.1) is 11.5 Å². The number of aromatic nitrogens is 1. The lowest BCUT2D eigenvalue weighted by molar-refractivity contribution is -0.377. The molecule has 0 radical (unpaired) electrons. The van der Waals surface area contributed by atoms with E-state index >= 15 is 0 Å². The monoisotopic (exact) mass is 743 g/mol. The number of esters is 1. The first-order valence-corrected chi connectivity index (χ1v) is 17.6. The van der Waals surface area contributed by atoms with Gasteiger partial charge in [0.15, 0.2) is 23.9 Å². The highest BCUT2D eigenvalue weighted by Gasteiger charge is 2.40. The van der Waals surface area contributed by atoms with E-state index in [4.69, 9.17) is 32.7 Å². The molecule has 1 saturated heterocycles. The molecule has 2 aromatic carbocycles. The molecule has 1 aliphatic heterocycles. The van der Waals surface area contributed by atoms with Crippen molar-refractivity contribution in [1.82, 2.24) is 9.21 Å². The number of hydrogen-bond acceptors (Lipinski definition) is 8. The SMILES string of the molecule is CN(C)C(=O)c1cccc(S(=O)(=O)N2CCCC[C@H]2C(=O)O[C@@H](Cc2c(Cl)c[nH+]cc2Cl)c2ccc(OC(F)F)c(OCC3CC3)c2)c1.[OH-]. The molecular formula is C33H37Cl2F2N3O8S. The fraction of sp³-hybridized carbons (Fsp3) is 0.424. The fourth-order valence-corrected chi connectivity index (χ4v) is 7.66. The Morgan fingerprint density at radius 2 is 1.73 bits per heavy atom. The number of H-pyrrole nitrogens is 1. The summed E-state index contributed by atoms with van der Waals surface area (Å²) in [5, 5.41) is 0.529. The molecule has 49 heavy (non-hydrogen) atoms. The third kappa shape index (κ3) is 9.37. The van der Waals surface area contributed by atoms with Crippen LogP contribution in [0.1, 0.15) is 59.7 Å². The minimum absolute atomic E-state index is 0. The van der Waals surface area contributed by atoms with E-state index in [9.17, 15) is 26.8 Å². The zero-order valence-electron chi connectivity index (χ0n) is 26.8. The summed E-state index contributed by atoms with van der Waals surface area (Å²) in [6, 6.07) is 8.74. The molecule has 1 aliphatic carbocycles. The Morgan fingerprint density at radius 1 is 1.02 bits per heavy atom. The van der Waals surface area contributed by atoms with Crippen LogP contribution in [0.25, 0.3) is 0 Å². The molecule has 266 valence electrons. The number of aromatic amines is 1. The van der Waals surface area contributed by atoms with Crippen LogP contribution in [-0.2, 0) is 26.0 Å². The van der Waals surface area contributed by atoms with Crippen LogP contribution in [-0.4, -0.2) is 74.9 Å². The van der Waals surface area contributed by atoms with Crippen molar-refractivity contribution in [3.63, 3.8) is 0 Å². The van der Waals surface area contributed by atoms with Gasteiger partial charge in [-0.3, -0.25) is 9.59 Å². The highest BCUT2D eigenvalue weighted by atomic mass is 35.5. The number of nitrogens with one attached hydrogen (secondary N) is 1. The largest absolute Gasteiger partial charge is 0.870 e. The Kier molecular flexibility index (Phi) is 12.8. The van der Waals surface area contributed by atoms with Gasteiger partial charge in [-0.05, 0) is 73.9 Å². The number of carbonyl (C=O) groups is 2. The molecule has 16 heteroatoms. The normalized spacial score (nSPS) is 17.2. The van der Waals surface area contributed by atoms with E-state index in [0.717, 1.165) is 17.1 Å². The van der Waals surface area contributed by atoms with Gasteiger partial charge in [-0.2, -0.15) is 13.1 Å². The lowest BCUT2D eigenvalue weighted by Gasteiger charge is -2.34. The van der Waals surface area contributed by atoms with Crippen molar-refractivity contribution in [2.45, 2.75) is 62.2 Å². The third-order valence-corrected chi connectivity index (χ3v) is 10.8. The van der Waals surface area contributed by atoms with Crippen molar-refractivity contribution < 1.29 is 51.5 Å². The molecular weight excluding hydrogens is 707 g/mol. The van der Waals surface area contributed by atoms with Crippen molar-refractivity contribution >= 4 is 45.1 Å². The molecule has 1 saturated carbocycles. The second kappa shape index (κ2) is 16.4. The lowest BCUT2D eigenvalue weighted by atomic mass is 10.0. The standard InChI is InChI=1S/C33H35Cl2F2N3O7S.H2O/c1-39(2)31(41)22-6-5-7-23(14-22)48(43,44)40-13-4-3-8-27(40)32(42)46-29(16-24-25(34)17-38-18-26(24)35)21-11-12-28(47-33(36)37)30(15-21)45-19-20-9-10-20;/h5-7,11-12,14-15,17-18,20,27,29,33H,3-4,8-10,13,16,19H2,1-2H3;1H2/t27-,29-;/m0./s1. The van der Waals surface area contributed by atoms with Gasteiger partial charge in [0.2, 0.25) is 10.0 Å². The molecule has 1 aromatic heterocycles. The summed E-state index contributed by atoms with van der Waals surface area (Å²) in [5.74, 6) is -1.00. The van der Waals surface area contributed by atoms with Crippen molar-refractivity contribution in [2.75, 3.05) is 27.2 Å². The van der Waals surface area contributed by atoms with Crippen molar-refractivity contribution in [1.29, 1.82) is 0 Å². The number of pyridine rings is 1. The van der Waals surface area contributed by atoms with Gasteiger partial charge in [0.1, 0.15) is 22.2 Å². The van der Waals surface area contributed by atoms with Gasteiger partial charge in [0.25, 0.3) is 5.91 Å². The van der Waals surface area contributed by atoms with Gasteiger partial charge in [-0.15, -0.1) is 0 Å². The van der Waals surface area contributed by atoms with Crippen LogP contribution in [0.4, 0.5) is 8.78 Å². The summed E-state index contributed by atoms with van der Waals surface area (Å²) >= 11 is 12.9. The summed E-state index contributed by atoms with van der Waals surface area (Å²) in [4.78, 5) is 30.6. The number of alkyl halides is 2. The first-order valence-electron chi connectivity index (χ1n) is 15.4. The molecule has 0 unspecified atom stereocenters. The second-order valence-electron chi connectivity index (χ2n) is 12.0. The Hall–Kier alpha value is -3.56. The first-order chi connectivity index (χ1) is 22.8. The second-order valence-corrected chi connectivity index (χ2v) is 14.7. The van der Waals surface area contributed by atoms with Crippen molar-refractivity contribution in [3.8, 4) is 11.5 Å². The number of halogens is 4. The fourth-order valence-electron chi connectivity index (χ4n) is 5.44. The van der Waals surface area contributed by atoms with Crippen LogP contribution in [0.15, 0.2) is 59.8 Å². The Labute approximate surface area is 293 Å². The summed E-state index contributed by atoms with van der Waals surface area (Å²) in [5.41, 5.74) is 1.000. The Bertz CT molecular complexity index is 1740. The summed E-state index contributed by atoms with van der Waals surface area (Å²) < 4.78 is 72.1. The van der Waals surface area contributed by atoms with Crippen LogP contribution in [0, 0.1) is 5.92 Å². The number of amides is 1. The molecule has 11 nitrogen and oxygen atoms in total. The number of sulfonamides is 1. The minimum Gasteiger partial charge on any atom is -0.870 e. The predicted molar refractivity (Wildman–Crippen MR) is 175 cm³/mol. The average Bonchev–Trinajstić information content (AvgIpc) is 3.89. The summed E-state index contributed by atoms with van der Waals surface area (Å²) in [6.07, 6.45) is 5.12. The Balaban J connectivity index is 0.00000541. The van der Waals surface area contributed by atoms with Crippen LogP contribution in [0.3, 0.4) is 0 Å². The zero-order chi connectivity index (χ0) is 34.6. The van der Waals surface area contributed by atoms with E-state index in [-0.39, 0.29) is 62.8 Å². The topological polar surface area (TPSA) is 147 Å². The number of hydrogen-bond donors (Lipinski definition) is 0. The molecule has 5 rings (SSSR count).